The van der Waals surface area contributed by atoms with Crippen molar-refractivity contribution in [3.05, 3.63) is 41.9 Å². The van der Waals surface area contributed by atoms with Gasteiger partial charge in [-0.15, -0.1) is 0 Å². The van der Waals surface area contributed by atoms with E-state index in [1.807, 2.05) is 6.08 Å². The zero-order valence-electron chi connectivity index (χ0n) is 13.4. The van der Waals surface area contributed by atoms with E-state index in [2.05, 4.69) is 63.7 Å². The lowest BCUT2D eigenvalue weighted by atomic mass is 10.1. The molecule has 0 amide bonds. The summed E-state index contributed by atoms with van der Waals surface area (Å²) in [7, 11) is -1.31. The summed E-state index contributed by atoms with van der Waals surface area (Å²) in [6, 6.07) is 3.51. The Bertz CT molecular complexity index is 727. The highest BCUT2D eigenvalue weighted by atomic mass is 79.9. The van der Waals surface area contributed by atoms with Crippen molar-refractivity contribution < 1.29 is 23.9 Å². The van der Waals surface area contributed by atoms with Gasteiger partial charge >= 0.3 is 0 Å². The average Bonchev–Trinajstić information content (AvgIpc) is 2.59. The van der Waals surface area contributed by atoms with Crippen LogP contribution in [0.4, 0.5) is 0 Å². The predicted octanol–water partition coefficient (Wildman–Crippen LogP) is 4.36. The summed E-state index contributed by atoms with van der Waals surface area (Å²) < 4.78 is 26.8. The van der Waals surface area contributed by atoms with E-state index >= 15 is 0 Å². The first-order chi connectivity index (χ1) is 12.4. The van der Waals surface area contributed by atoms with Crippen molar-refractivity contribution in [2.75, 3.05) is 26.4 Å². The first-order valence-corrected chi connectivity index (χ1v) is 11.9. The number of aliphatic hydroxyl groups excluding tert-OH is 2. The van der Waals surface area contributed by atoms with Crippen LogP contribution < -0.4 is 4.74 Å². The molecule has 0 fully saturated rings. The number of benzene rings is 1. The van der Waals surface area contributed by atoms with E-state index in [1.54, 1.807) is 12.1 Å². The molecule has 144 valence electrons. The molecule has 10 heteroatoms. The van der Waals surface area contributed by atoms with Gasteiger partial charge in [0.1, 0.15) is 24.7 Å². The largest absolute Gasteiger partial charge is 0.489 e. The average molecular weight is 640 g/mol. The van der Waals surface area contributed by atoms with E-state index in [4.69, 9.17) is 19.7 Å². The first-order valence-electron chi connectivity index (χ1n) is 7.52. The van der Waals surface area contributed by atoms with Gasteiger partial charge in [0.25, 0.3) is 0 Å². The van der Waals surface area contributed by atoms with Crippen LogP contribution in [0.25, 0.3) is 0 Å². The van der Waals surface area contributed by atoms with Crippen molar-refractivity contribution in [3.8, 4) is 5.75 Å². The van der Waals surface area contributed by atoms with Crippen LogP contribution in [0.3, 0.4) is 0 Å². The zero-order chi connectivity index (χ0) is 19.3. The highest BCUT2D eigenvalue weighted by Crippen LogP contribution is 2.39. The molecule has 0 heterocycles. The van der Waals surface area contributed by atoms with Gasteiger partial charge in [0.2, 0.25) is 0 Å². The molecule has 2 rings (SSSR count). The fourth-order valence-electron chi connectivity index (χ4n) is 2.24. The van der Waals surface area contributed by atoms with Crippen molar-refractivity contribution in [1.82, 2.24) is 0 Å². The smallest absolute Gasteiger partial charge is 0.147 e. The van der Waals surface area contributed by atoms with Gasteiger partial charge in [-0.25, -0.2) is 0 Å². The fourth-order valence-corrected chi connectivity index (χ4v) is 7.36. The van der Waals surface area contributed by atoms with Crippen LogP contribution in [0.15, 0.2) is 46.8 Å². The maximum absolute atomic E-state index is 13.0. The van der Waals surface area contributed by atoms with Crippen molar-refractivity contribution in [3.63, 3.8) is 0 Å². The van der Waals surface area contributed by atoms with E-state index in [9.17, 15) is 4.21 Å². The monoisotopic (exact) mass is 636 g/mol. The minimum absolute atomic E-state index is 0.0772. The van der Waals surface area contributed by atoms with Crippen LogP contribution in [0.2, 0.25) is 0 Å². The molecule has 1 aromatic rings. The molecule has 1 aromatic carbocycles. The SMILES string of the molecule is O=S(c1cc(Br)c(OCCO)c(Br)c1)C1C=C(Br)C(OCCO)=C(Br)C1. The molecule has 0 saturated heterocycles. The topological polar surface area (TPSA) is 76.0 Å². The van der Waals surface area contributed by atoms with E-state index in [0.29, 0.717) is 36.3 Å². The molecule has 0 bridgehead atoms. The molecule has 2 N–H and O–H groups in total. The van der Waals surface area contributed by atoms with E-state index in [-0.39, 0.29) is 31.7 Å². The summed E-state index contributed by atoms with van der Waals surface area (Å²) in [6.07, 6.45) is 2.37. The molecule has 0 aliphatic heterocycles. The minimum Gasteiger partial charge on any atom is -0.489 e. The third-order valence-corrected chi connectivity index (χ3v) is 7.37. The number of hydrogen-bond donors (Lipinski definition) is 2. The fraction of sp³-hybridized carbons (Fsp3) is 0.375. The second kappa shape index (κ2) is 10.7. The summed E-state index contributed by atoms with van der Waals surface area (Å²) in [5, 5.41) is 17.6. The van der Waals surface area contributed by atoms with Gasteiger partial charge < -0.3 is 19.7 Å². The zero-order valence-corrected chi connectivity index (χ0v) is 20.5. The Morgan fingerprint density at radius 3 is 2.15 bits per heavy atom. The van der Waals surface area contributed by atoms with Gasteiger partial charge in [-0.3, -0.25) is 4.21 Å². The molecule has 5 nitrogen and oxygen atoms in total. The summed E-state index contributed by atoms with van der Waals surface area (Å²) in [6.45, 7) is 0.198. The lowest BCUT2D eigenvalue weighted by Gasteiger charge is -2.22. The van der Waals surface area contributed by atoms with Crippen molar-refractivity contribution >= 4 is 74.5 Å². The Morgan fingerprint density at radius 1 is 1.04 bits per heavy atom. The lowest BCUT2D eigenvalue weighted by molar-refractivity contribution is 0.150. The van der Waals surface area contributed by atoms with Gasteiger partial charge in [-0.1, -0.05) is 22.0 Å². The number of halogens is 4. The molecular formula is C16H16Br4O5S. The number of rotatable bonds is 8. The summed E-state index contributed by atoms with van der Waals surface area (Å²) >= 11 is 13.8. The third-order valence-electron chi connectivity index (χ3n) is 3.33. The maximum atomic E-state index is 13.0. The lowest BCUT2D eigenvalue weighted by Crippen LogP contribution is -2.18. The molecule has 0 spiro atoms. The standard InChI is InChI=1S/C16H16Br4O5S/c17-11-5-9(6-12(18)15(11)24-3-1-21)26(23)10-7-13(19)16(14(20)8-10)25-4-2-22/h5-7,10,21-22H,1-4,8H2. The highest BCUT2D eigenvalue weighted by Gasteiger charge is 2.27. The molecular weight excluding hydrogens is 624 g/mol. The summed E-state index contributed by atoms with van der Waals surface area (Å²) in [5.74, 6) is 1.17. The van der Waals surface area contributed by atoms with Gasteiger partial charge in [0.05, 0.1) is 42.7 Å². The number of allylic oxidation sites excluding steroid dienone is 2. The second-order valence-electron chi connectivity index (χ2n) is 5.15. The van der Waals surface area contributed by atoms with Crippen LogP contribution in [0, 0.1) is 0 Å². The number of hydrogen-bond acceptors (Lipinski definition) is 5. The van der Waals surface area contributed by atoms with Crippen LogP contribution >= 0.6 is 63.7 Å². The Hall–Kier alpha value is 0.290. The van der Waals surface area contributed by atoms with Crippen molar-refractivity contribution in [1.29, 1.82) is 0 Å². The van der Waals surface area contributed by atoms with Crippen molar-refractivity contribution in [2.45, 2.75) is 16.6 Å². The number of ether oxygens (including phenoxy) is 2. The highest BCUT2D eigenvalue weighted by molar-refractivity contribution is 9.12. The van der Waals surface area contributed by atoms with Gasteiger partial charge in [-0.05, 0) is 59.9 Å². The van der Waals surface area contributed by atoms with E-state index < -0.39 is 10.8 Å². The summed E-state index contributed by atoms with van der Waals surface area (Å²) in [4.78, 5) is 0.640. The summed E-state index contributed by atoms with van der Waals surface area (Å²) in [5.41, 5.74) is 0. The normalized spacial score (nSPS) is 18.5. The molecule has 1 aliphatic carbocycles. The van der Waals surface area contributed by atoms with Crippen LogP contribution in [0.1, 0.15) is 6.42 Å². The van der Waals surface area contributed by atoms with Gasteiger partial charge in [0, 0.05) is 15.8 Å². The molecule has 2 atom stereocenters. The number of aliphatic hydroxyl groups is 2. The molecule has 2 unspecified atom stereocenters. The Morgan fingerprint density at radius 2 is 1.62 bits per heavy atom. The molecule has 0 saturated carbocycles. The third kappa shape index (κ3) is 5.65. The van der Waals surface area contributed by atoms with Crippen molar-refractivity contribution in [2.24, 2.45) is 0 Å². The molecule has 0 aromatic heterocycles. The Labute approximate surface area is 187 Å². The van der Waals surface area contributed by atoms with Gasteiger partial charge in [0.15, 0.2) is 0 Å². The van der Waals surface area contributed by atoms with Gasteiger partial charge in [-0.2, -0.15) is 0 Å². The Balaban J connectivity index is 2.21. The quantitative estimate of drug-likeness (QED) is 0.443. The minimum atomic E-state index is -1.31. The van der Waals surface area contributed by atoms with E-state index in [0.717, 1.165) is 4.48 Å². The van der Waals surface area contributed by atoms with E-state index in [1.165, 1.54) is 0 Å². The first kappa shape index (κ1) is 22.6. The van der Waals surface area contributed by atoms with Crippen LogP contribution in [-0.4, -0.2) is 46.1 Å². The van der Waals surface area contributed by atoms with Crippen LogP contribution in [-0.2, 0) is 15.5 Å². The molecule has 0 radical (unpaired) electrons. The second-order valence-corrected chi connectivity index (χ2v) is 10.3. The maximum Gasteiger partial charge on any atom is 0.147 e. The predicted molar refractivity (Wildman–Crippen MR) is 115 cm³/mol. The Kier molecular flexibility index (Phi) is 9.32. The van der Waals surface area contributed by atoms with Crippen LogP contribution in [0.5, 0.6) is 5.75 Å². The molecule has 1 aliphatic rings. The molecule has 26 heavy (non-hydrogen) atoms.